The van der Waals surface area contributed by atoms with Gasteiger partial charge in [-0.3, -0.25) is 0 Å². The number of nitrogens with zero attached hydrogens (tertiary/aromatic N) is 2. The van der Waals surface area contributed by atoms with Crippen LogP contribution >= 0.6 is 15.9 Å². The number of hydrogen-bond acceptors (Lipinski definition) is 3. The molecule has 1 heterocycles. The molecule has 0 amide bonds. The summed E-state index contributed by atoms with van der Waals surface area (Å²) in [5.74, 6) is 0.663. The van der Waals surface area contributed by atoms with Crippen LogP contribution in [-0.2, 0) is 5.41 Å². The number of nitrogens with two attached hydrogens (primary N) is 1. The van der Waals surface area contributed by atoms with Crippen molar-refractivity contribution in [1.29, 1.82) is 0 Å². The van der Waals surface area contributed by atoms with E-state index in [1.165, 1.54) is 6.07 Å². The van der Waals surface area contributed by atoms with E-state index in [9.17, 15) is 4.39 Å². The van der Waals surface area contributed by atoms with Crippen LogP contribution in [0.25, 0.3) is 11.4 Å². The quantitative estimate of drug-likeness (QED) is 0.846. The lowest BCUT2D eigenvalue weighted by Gasteiger charge is -2.21. The van der Waals surface area contributed by atoms with Crippen LogP contribution in [0.5, 0.6) is 0 Å². The summed E-state index contributed by atoms with van der Waals surface area (Å²) in [6, 6.07) is 4.81. The van der Waals surface area contributed by atoms with Crippen LogP contribution in [0, 0.1) is 12.7 Å². The van der Waals surface area contributed by atoms with Crippen LogP contribution in [0.4, 0.5) is 10.2 Å². The molecule has 0 atom stereocenters. The first-order valence-corrected chi connectivity index (χ1v) is 7.09. The Kier molecular flexibility index (Phi) is 3.82. The van der Waals surface area contributed by atoms with E-state index in [-0.39, 0.29) is 11.2 Å². The number of hydrogen-bond donors (Lipinski definition) is 1. The fraction of sp³-hybridized carbons (Fsp3) is 0.333. The summed E-state index contributed by atoms with van der Waals surface area (Å²) in [5, 5.41) is 0. The third-order valence-electron chi connectivity index (χ3n) is 3.00. The Morgan fingerprint density at radius 1 is 1.20 bits per heavy atom. The molecule has 0 saturated heterocycles. The average molecular weight is 338 g/mol. The molecule has 1 aromatic heterocycles. The summed E-state index contributed by atoms with van der Waals surface area (Å²) >= 11 is 3.44. The van der Waals surface area contributed by atoms with Crippen molar-refractivity contribution >= 4 is 21.7 Å². The number of nitrogen functional groups attached to an aromatic ring is 1. The Hall–Kier alpha value is -1.49. The standard InChI is InChI=1S/C15H17BrFN3/c1-8-7-9(5-6-10(8)17)14-19-12(15(2,3)4)11(16)13(18)20-14/h5-7H,1-4H3,(H2,18,19,20). The minimum atomic E-state index is -0.241. The van der Waals surface area contributed by atoms with Gasteiger partial charge >= 0.3 is 0 Å². The summed E-state index contributed by atoms with van der Waals surface area (Å²) in [5.41, 5.74) is 7.94. The van der Waals surface area contributed by atoms with Gasteiger partial charge in [-0.05, 0) is 46.6 Å². The molecule has 0 saturated carbocycles. The average Bonchev–Trinajstić information content (AvgIpc) is 2.34. The van der Waals surface area contributed by atoms with Gasteiger partial charge in [0.15, 0.2) is 5.82 Å². The number of halogens is 2. The molecule has 20 heavy (non-hydrogen) atoms. The molecule has 2 N–H and O–H groups in total. The maximum Gasteiger partial charge on any atom is 0.161 e. The summed E-state index contributed by atoms with van der Waals surface area (Å²) in [4.78, 5) is 8.87. The minimum Gasteiger partial charge on any atom is -0.383 e. The molecule has 0 fully saturated rings. The molecular formula is C15H17BrFN3. The van der Waals surface area contributed by atoms with Crippen molar-refractivity contribution in [2.45, 2.75) is 33.1 Å². The van der Waals surface area contributed by atoms with E-state index in [2.05, 4.69) is 46.7 Å². The highest BCUT2D eigenvalue weighted by Gasteiger charge is 2.22. The second-order valence-electron chi connectivity index (χ2n) is 5.81. The topological polar surface area (TPSA) is 51.8 Å². The number of aromatic nitrogens is 2. The van der Waals surface area contributed by atoms with Crippen LogP contribution in [0.2, 0.25) is 0 Å². The SMILES string of the molecule is Cc1cc(-c2nc(N)c(Br)c(C(C)(C)C)n2)ccc1F. The largest absolute Gasteiger partial charge is 0.383 e. The first kappa shape index (κ1) is 14.9. The second kappa shape index (κ2) is 5.13. The van der Waals surface area contributed by atoms with E-state index in [0.29, 0.717) is 21.7 Å². The second-order valence-corrected chi connectivity index (χ2v) is 6.60. The Labute approximate surface area is 126 Å². The Morgan fingerprint density at radius 3 is 2.40 bits per heavy atom. The van der Waals surface area contributed by atoms with E-state index in [4.69, 9.17) is 5.73 Å². The third-order valence-corrected chi connectivity index (χ3v) is 3.79. The highest BCUT2D eigenvalue weighted by atomic mass is 79.9. The number of benzene rings is 1. The van der Waals surface area contributed by atoms with Gasteiger partial charge in [-0.1, -0.05) is 20.8 Å². The predicted molar refractivity (Wildman–Crippen MR) is 83.0 cm³/mol. The van der Waals surface area contributed by atoms with E-state index in [1.807, 2.05) is 0 Å². The van der Waals surface area contributed by atoms with Crippen LogP contribution in [0.1, 0.15) is 32.0 Å². The molecule has 5 heteroatoms. The minimum absolute atomic E-state index is 0.167. The highest BCUT2D eigenvalue weighted by Crippen LogP contribution is 2.33. The molecule has 106 valence electrons. The van der Waals surface area contributed by atoms with E-state index >= 15 is 0 Å². The van der Waals surface area contributed by atoms with Crippen molar-refractivity contribution in [3.63, 3.8) is 0 Å². The van der Waals surface area contributed by atoms with E-state index < -0.39 is 0 Å². The molecule has 3 nitrogen and oxygen atoms in total. The zero-order chi connectivity index (χ0) is 15.1. The van der Waals surface area contributed by atoms with Gasteiger partial charge in [0, 0.05) is 11.0 Å². The zero-order valence-corrected chi connectivity index (χ0v) is 13.5. The van der Waals surface area contributed by atoms with Crippen LogP contribution in [-0.4, -0.2) is 9.97 Å². The Bertz CT molecular complexity index is 663. The van der Waals surface area contributed by atoms with Gasteiger partial charge < -0.3 is 5.73 Å². The molecule has 0 radical (unpaired) electrons. The number of rotatable bonds is 1. The van der Waals surface area contributed by atoms with Gasteiger partial charge in [0.25, 0.3) is 0 Å². The summed E-state index contributed by atoms with van der Waals surface area (Å²) in [7, 11) is 0. The van der Waals surface area contributed by atoms with Crippen molar-refractivity contribution in [1.82, 2.24) is 9.97 Å². The maximum absolute atomic E-state index is 13.4. The van der Waals surface area contributed by atoms with Gasteiger partial charge in [-0.25, -0.2) is 14.4 Å². The van der Waals surface area contributed by atoms with E-state index in [0.717, 1.165) is 11.3 Å². The van der Waals surface area contributed by atoms with Crippen molar-refractivity contribution in [3.05, 3.63) is 39.7 Å². The first-order chi connectivity index (χ1) is 9.20. The zero-order valence-electron chi connectivity index (χ0n) is 12.0. The molecule has 0 spiro atoms. The molecule has 1 aromatic carbocycles. The normalized spacial score (nSPS) is 11.7. The van der Waals surface area contributed by atoms with Crippen molar-refractivity contribution < 1.29 is 4.39 Å². The van der Waals surface area contributed by atoms with Gasteiger partial charge in [-0.2, -0.15) is 0 Å². The van der Waals surface area contributed by atoms with Gasteiger partial charge in [0.1, 0.15) is 11.6 Å². The first-order valence-electron chi connectivity index (χ1n) is 6.30. The Morgan fingerprint density at radius 2 is 1.85 bits per heavy atom. The van der Waals surface area contributed by atoms with Crippen LogP contribution in [0.15, 0.2) is 22.7 Å². The van der Waals surface area contributed by atoms with E-state index in [1.54, 1.807) is 19.1 Å². The monoisotopic (exact) mass is 337 g/mol. The number of aryl methyl sites for hydroxylation is 1. The predicted octanol–water partition coefficient (Wildman–Crippen LogP) is 4.23. The van der Waals surface area contributed by atoms with Gasteiger partial charge in [0.2, 0.25) is 0 Å². The smallest absolute Gasteiger partial charge is 0.161 e. The maximum atomic E-state index is 13.4. The number of anilines is 1. The molecule has 0 aliphatic heterocycles. The lowest BCUT2D eigenvalue weighted by molar-refractivity contribution is 0.564. The molecular weight excluding hydrogens is 321 g/mol. The molecule has 2 rings (SSSR count). The fourth-order valence-corrected chi connectivity index (χ4v) is 2.65. The highest BCUT2D eigenvalue weighted by molar-refractivity contribution is 9.10. The molecule has 0 aliphatic rings. The van der Waals surface area contributed by atoms with Crippen molar-refractivity contribution in [2.24, 2.45) is 0 Å². The van der Waals surface area contributed by atoms with Crippen LogP contribution < -0.4 is 5.73 Å². The summed E-state index contributed by atoms with van der Waals surface area (Å²) < 4.78 is 14.1. The molecule has 0 aliphatic carbocycles. The van der Waals surface area contributed by atoms with Crippen LogP contribution in [0.3, 0.4) is 0 Å². The molecule has 2 aromatic rings. The summed E-state index contributed by atoms with van der Waals surface area (Å²) in [6.07, 6.45) is 0. The van der Waals surface area contributed by atoms with Gasteiger partial charge in [0.05, 0.1) is 10.2 Å². The lowest BCUT2D eigenvalue weighted by atomic mass is 9.91. The Balaban J connectivity index is 2.63. The van der Waals surface area contributed by atoms with Crippen molar-refractivity contribution in [3.8, 4) is 11.4 Å². The molecule has 0 unspecified atom stereocenters. The third kappa shape index (κ3) is 2.82. The fourth-order valence-electron chi connectivity index (χ4n) is 1.87. The lowest BCUT2D eigenvalue weighted by Crippen LogP contribution is -2.17. The van der Waals surface area contributed by atoms with Crippen molar-refractivity contribution in [2.75, 3.05) is 5.73 Å². The van der Waals surface area contributed by atoms with Gasteiger partial charge in [-0.15, -0.1) is 0 Å². The summed E-state index contributed by atoms with van der Waals surface area (Å²) in [6.45, 7) is 7.88. The molecule has 0 bridgehead atoms.